The molecule has 0 atom stereocenters. The molecule has 0 saturated carbocycles. The summed E-state index contributed by atoms with van der Waals surface area (Å²) in [4.78, 5) is 23.5. The normalized spacial score (nSPS) is 11.2. The number of carboxylic acids is 1. The van der Waals surface area contributed by atoms with E-state index >= 15 is 0 Å². The Morgan fingerprint density at radius 3 is 2.23 bits per heavy atom. The van der Waals surface area contributed by atoms with Crippen LogP contribution in [0.5, 0.6) is 5.75 Å². The summed E-state index contributed by atoms with van der Waals surface area (Å²) >= 11 is 1.23. The quantitative estimate of drug-likeness (QED) is 0.492. The molecule has 0 unspecified atom stereocenters. The van der Waals surface area contributed by atoms with Crippen molar-refractivity contribution in [3.8, 4) is 16.9 Å². The standard InChI is InChI=1S/C22H18F3NO4S/c23-22(24,25)30-18-8-6-16(7-9-18)17-11-19(31-13-17)21(29)26-12-15-3-1-14(2-4-15)5-10-20(27)28/h1-4,6-9,11,13H,5,10,12H2,(H,26,29)(H,27,28). The van der Waals surface area contributed by atoms with Gasteiger partial charge in [-0.25, -0.2) is 0 Å². The van der Waals surface area contributed by atoms with Crippen molar-refractivity contribution < 1.29 is 32.6 Å². The predicted molar refractivity (Wildman–Crippen MR) is 110 cm³/mol. The van der Waals surface area contributed by atoms with Gasteiger partial charge in [0.25, 0.3) is 5.91 Å². The van der Waals surface area contributed by atoms with Crippen molar-refractivity contribution in [2.24, 2.45) is 0 Å². The van der Waals surface area contributed by atoms with Crippen LogP contribution in [0, 0.1) is 0 Å². The summed E-state index contributed by atoms with van der Waals surface area (Å²) in [6.07, 6.45) is -4.23. The second-order valence-corrected chi connectivity index (χ2v) is 7.58. The van der Waals surface area contributed by atoms with E-state index in [2.05, 4.69) is 10.1 Å². The van der Waals surface area contributed by atoms with Crippen molar-refractivity contribution in [2.75, 3.05) is 0 Å². The zero-order valence-corrected chi connectivity index (χ0v) is 16.9. The first-order valence-corrected chi connectivity index (χ1v) is 10.1. The molecule has 2 N–H and O–H groups in total. The molecule has 0 fully saturated rings. The van der Waals surface area contributed by atoms with E-state index in [0.717, 1.165) is 16.7 Å². The summed E-state index contributed by atoms with van der Waals surface area (Å²) < 4.78 is 40.6. The van der Waals surface area contributed by atoms with Gasteiger partial charge in [-0.2, -0.15) is 0 Å². The van der Waals surface area contributed by atoms with Crippen molar-refractivity contribution in [3.05, 3.63) is 76.0 Å². The van der Waals surface area contributed by atoms with E-state index in [1.54, 1.807) is 11.4 Å². The largest absolute Gasteiger partial charge is 0.573 e. The van der Waals surface area contributed by atoms with Gasteiger partial charge in [0.05, 0.1) is 4.88 Å². The summed E-state index contributed by atoms with van der Waals surface area (Å²) in [5.74, 6) is -1.42. The van der Waals surface area contributed by atoms with Crippen LogP contribution in [0.15, 0.2) is 60.0 Å². The molecular formula is C22H18F3NO4S. The molecule has 0 radical (unpaired) electrons. The zero-order chi connectivity index (χ0) is 22.4. The highest BCUT2D eigenvalue weighted by atomic mass is 32.1. The Bertz CT molecular complexity index is 1040. The molecule has 0 saturated heterocycles. The molecule has 2 aromatic carbocycles. The smallest absolute Gasteiger partial charge is 0.481 e. The first kappa shape index (κ1) is 22.4. The molecule has 0 aliphatic carbocycles. The van der Waals surface area contributed by atoms with Gasteiger partial charge in [-0.3, -0.25) is 9.59 Å². The first-order valence-electron chi connectivity index (χ1n) is 9.22. The number of carboxylic acid groups (broad SMARTS) is 1. The lowest BCUT2D eigenvalue weighted by molar-refractivity contribution is -0.274. The summed E-state index contributed by atoms with van der Waals surface area (Å²) in [6.45, 7) is 0.314. The van der Waals surface area contributed by atoms with Crippen molar-refractivity contribution in [1.82, 2.24) is 5.32 Å². The molecule has 1 heterocycles. The highest BCUT2D eigenvalue weighted by Crippen LogP contribution is 2.29. The number of alkyl halides is 3. The molecule has 3 aromatic rings. The van der Waals surface area contributed by atoms with E-state index in [9.17, 15) is 22.8 Å². The van der Waals surface area contributed by atoms with Gasteiger partial charge in [0.2, 0.25) is 0 Å². The third-order valence-electron chi connectivity index (χ3n) is 4.35. The van der Waals surface area contributed by atoms with Crippen LogP contribution in [0.4, 0.5) is 13.2 Å². The third kappa shape index (κ3) is 6.85. The van der Waals surface area contributed by atoms with Crippen LogP contribution in [0.3, 0.4) is 0 Å². The third-order valence-corrected chi connectivity index (χ3v) is 5.28. The Labute approximate surface area is 180 Å². The minimum atomic E-state index is -4.74. The fraction of sp³-hybridized carbons (Fsp3) is 0.182. The van der Waals surface area contributed by atoms with E-state index < -0.39 is 12.3 Å². The average Bonchev–Trinajstić information content (AvgIpc) is 3.21. The van der Waals surface area contributed by atoms with Crippen LogP contribution in [0.2, 0.25) is 0 Å². The number of rotatable bonds is 8. The minimum absolute atomic E-state index is 0.0644. The molecule has 162 valence electrons. The molecule has 3 rings (SSSR count). The molecule has 1 aromatic heterocycles. The second-order valence-electron chi connectivity index (χ2n) is 6.66. The molecule has 0 aliphatic rings. The Hall–Kier alpha value is -3.33. The lowest BCUT2D eigenvalue weighted by Gasteiger charge is -2.08. The Kier molecular flexibility index (Phi) is 6.96. The van der Waals surface area contributed by atoms with Crippen LogP contribution in [-0.2, 0) is 17.8 Å². The number of carbonyl (C=O) groups is 2. The van der Waals surface area contributed by atoms with Crippen LogP contribution in [-0.4, -0.2) is 23.3 Å². The number of amides is 1. The number of aliphatic carboxylic acids is 1. The number of ether oxygens (including phenoxy) is 1. The first-order chi connectivity index (χ1) is 14.7. The molecule has 5 nitrogen and oxygen atoms in total. The van der Waals surface area contributed by atoms with Gasteiger partial charge >= 0.3 is 12.3 Å². The van der Waals surface area contributed by atoms with Gasteiger partial charge in [-0.1, -0.05) is 36.4 Å². The lowest BCUT2D eigenvalue weighted by Crippen LogP contribution is -2.21. The number of halogens is 3. The number of aryl methyl sites for hydroxylation is 1. The second kappa shape index (κ2) is 9.65. The van der Waals surface area contributed by atoms with Crippen molar-refractivity contribution in [1.29, 1.82) is 0 Å². The molecule has 9 heteroatoms. The van der Waals surface area contributed by atoms with Crippen molar-refractivity contribution in [2.45, 2.75) is 25.7 Å². The Morgan fingerprint density at radius 1 is 0.968 bits per heavy atom. The summed E-state index contributed by atoms with van der Waals surface area (Å²) in [6, 6.07) is 14.5. The summed E-state index contributed by atoms with van der Waals surface area (Å²) in [5.41, 5.74) is 3.18. The SMILES string of the molecule is O=C(O)CCc1ccc(CNC(=O)c2cc(-c3ccc(OC(F)(F)F)cc3)cs2)cc1. The maximum Gasteiger partial charge on any atom is 0.573 e. The molecule has 31 heavy (non-hydrogen) atoms. The monoisotopic (exact) mass is 449 g/mol. The predicted octanol–water partition coefficient (Wildman–Crippen LogP) is 5.26. The fourth-order valence-corrected chi connectivity index (χ4v) is 3.63. The van der Waals surface area contributed by atoms with Crippen molar-refractivity contribution >= 4 is 23.2 Å². The average molecular weight is 449 g/mol. The number of nitrogens with one attached hydrogen (secondary N) is 1. The highest BCUT2D eigenvalue weighted by molar-refractivity contribution is 7.12. The number of hydrogen-bond donors (Lipinski definition) is 2. The van der Waals surface area contributed by atoms with Gasteiger partial charge in [0.15, 0.2) is 0 Å². The summed E-state index contributed by atoms with van der Waals surface area (Å²) in [7, 11) is 0. The van der Waals surface area contributed by atoms with Crippen LogP contribution in [0.1, 0.15) is 27.2 Å². The van der Waals surface area contributed by atoms with E-state index in [0.29, 0.717) is 23.4 Å². The highest BCUT2D eigenvalue weighted by Gasteiger charge is 2.31. The number of carbonyl (C=O) groups excluding carboxylic acids is 1. The number of benzene rings is 2. The van der Waals surface area contributed by atoms with Gasteiger partial charge in [-0.15, -0.1) is 24.5 Å². The lowest BCUT2D eigenvalue weighted by atomic mass is 10.1. The van der Waals surface area contributed by atoms with Crippen molar-refractivity contribution in [3.63, 3.8) is 0 Å². The minimum Gasteiger partial charge on any atom is -0.481 e. The van der Waals surface area contributed by atoms with E-state index in [-0.39, 0.29) is 18.1 Å². The topological polar surface area (TPSA) is 75.6 Å². The van der Waals surface area contributed by atoms with E-state index in [4.69, 9.17) is 5.11 Å². The molecular weight excluding hydrogens is 431 g/mol. The van der Waals surface area contributed by atoms with Crippen LogP contribution >= 0.6 is 11.3 Å². The number of thiophene rings is 1. The van der Waals surface area contributed by atoms with Gasteiger partial charge in [0.1, 0.15) is 5.75 Å². The molecule has 1 amide bonds. The fourth-order valence-electron chi connectivity index (χ4n) is 2.80. The molecule has 0 aliphatic heterocycles. The Balaban J connectivity index is 1.56. The summed E-state index contributed by atoms with van der Waals surface area (Å²) in [5, 5.41) is 13.3. The Morgan fingerprint density at radius 2 is 1.61 bits per heavy atom. The van der Waals surface area contributed by atoms with Gasteiger partial charge < -0.3 is 15.2 Å². The van der Waals surface area contributed by atoms with Crippen LogP contribution < -0.4 is 10.1 Å². The molecule has 0 spiro atoms. The molecule has 0 bridgehead atoms. The maximum absolute atomic E-state index is 12.4. The maximum atomic E-state index is 12.4. The van der Waals surface area contributed by atoms with Crippen LogP contribution in [0.25, 0.3) is 11.1 Å². The van der Waals surface area contributed by atoms with Gasteiger partial charge in [0, 0.05) is 13.0 Å². The van der Waals surface area contributed by atoms with E-state index in [1.807, 2.05) is 24.3 Å². The number of hydrogen-bond acceptors (Lipinski definition) is 4. The zero-order valence-electron chi connectivity index (χ0n) is 16.1. The van der Waals surface area contributed by atoms with Gasteiger partial charge in [-0.05, 0) is 52.3 Å². The van der Waals surface area contributed by atoms with E-state index in [1.165, 1.54) is 35.6 Å².